The molecule has 1 unspecified atom stereocenters. The van der Waals surface area contributed by atoms with Gasteiger partial charge in [-0.1, -0.05) is 13.8 Å². The molecule has 2 atom stereocenters. The fourth-order valence-electron chi connectivity index (χ4n) is 2.45. The summed E-state index contributed by atoms with van der Waals surface area (Å²) in [4.78, 5) is 2.41. The van der Waals surface area contributed by atoms with Gasteiger partial charge in [-0.15, -0.1) is 0 Å². The maximum Gasteiger partial charge on any atom is 0.0880 e. The van der Waals surface area contributed by atoms with Crippen molar-refractivity contribution in [2.24, 2.45) is 16.1 Å². The van der Waals surface area contributed by atoms with Crippen molar-refractivity contribution in [2.75, 3.05) is 26.7 Å². The van der Waals surface area contributed by atoms with Crippen LogP contribution >= 0.6 is 0 Å². The first-order chi connectivity index (χ1) is 7.63. The molecule has 1 aliphatic rings. The van der Waals surface area contributed by atoms with E-state index in [9.17, 15) is 5.11 Å². The topological polar surface area (TPSA) is 48.2 Å². The van der Waals surface area contributed by atoms with Crippen molar-refractivity contribution in [2.45, 2.75) is 45.3 Å². The molecule has 1 heterocycles. The van der Waals surface area contributed by atoms with E-state index < -0.39 is 0 Å². The largest absolute Gasteiger partial charge is 0.390 e. The molecule has 1 aliphatic heterocycles. The van der Waals surface area contributed by atoms with E-state index in [0.29, 0.717) is 12.6 Å². The van der Waals surface area contributed by atoms with E-state index in [-0.39, 0.29) is 6.10 Å². The van der Waals surface area contributed by atoms with E-state index in [4.69, 9.17) is 0 Å². The summed E-state index contributed by atoms with van der Waals surface area (Å²) in [5.74, 6) is 0.734. The monoisotopic (exact) mass is 227 g/mol. The molecule has 0 aromatic rings. The standard InChI is InChI=1S/C12H25N3O/c1-10(2)7-11-5-4-6-15(11)9-12(16)8-14-13-3/h10-12,16H,4-9H2,1-3H3/t11?,12-/m0/s1. The normalized spacial score (nSPS) is 24.7. The Morgan fingerprint density at radius 1 is 1.44 bits per heavy atom. The van der Waals surface area contributed by atoms with Gasteiger partial charge in [0.15, 0.2) is 0 Å². The van der Waals surface area contributed by atoms with Gasteiger partial charge in [-0.2, -0.15) is 10.2 Å². The molecule has 1 N–H and O–H groups in total. The van der Waals surface area contributed by atoms with E-state index in [1.54, 1.807) is 7.05 Å². The molecule has 0 aliphatic carbocycles. The van der Waals surface area contributed by atoms with Crippen LogP contribution in [0.25, 0.3) is 0 Å². The molecule has 0 bridgehead atoms. The van der Waals surface area contributed by atoms with Crippen molar-refractivity contribution >= 4 is 0 Å². The predicted octanol–water partition coefficient (Wildman–Crippen LogP) is 1.94. The fraction of sp³-hybridized carbons (Fsp3) is 1.00. The minimum atomic E-state index is -0.364. The maximum atomic E-state index is 9.80. The zero-order chi connectivity index (χ0) is 12.0. The quantitative estimate of drug-likeness (QED) is 0.705. The third-order valence-electron chi connectivity index (χ3n) is 3.12. The molecule has 16 heavy (non-hydrogen) atoms. The Morgan fingerprint density at radius 3 is 2.81 bits per heavy atom. The SMILES string of the molecule is CN=NC[C@H](O)CN1CCCC1CC(C)C. The van der Waals surface area contributed by atoms with Crippen molar-refractivity contribution in [1.29, 1.82) is 0 Å². The summed E-state index contributed by atoms with van der Waals surface area (Å²) < 4.78 is 0. The summed E-state index contributed by atoms with van der Waals surface area (Å²) in [6.07, 6.45) is 3.41. The van der Waals surface area contributed by atoms with Crippen molar-refractivity contribution in [3.63, 3.8) is 0 Å². The van der Waals surface area contributed by atoms with E-state index >= 15 is 0 Å². The lowest BCUT2D eigenvalue weighted by Crippen LogP contribution is -2.38. The third kappa shape index (κ3) is 4.58. The van der Waals surface area contributed by atoms with Crippen LogP contribution in [-0.4, -0.2) is 48.8 Å². The van der Waals surface area contributed by atoms with Gasteiger partial charge in [0.05, 0.1) is 12.6 Å². The lowest BCUT2D eigenvalue weighted by Gasteiger charge is -2.27. The van der Waals surface area contributed by atoms with Crippen LogP contribution in [-0.2, 0) is 0 Å². The number of hydrogen-bond acceptors (Lipinski definition) is 4. The summed E-state index contributed by atoms with van der Waals surface area (Å²) in [6.45, 7) is 6.83. The third-order valence-corrected chi connectivity index (χ3v) is 3.12. The minimum Gasteiger partial charge on any atom is -0.390 e. The smallest absolute Gasteiger partial charge is 0.0880 e. The van der Waals surface area contributed by atoms with Crippen LogP contribution in [0.1, 0.15) is 33.1 Å². The zero-order valence-electron chi connectivity index (χ0n) is 10.8. The Kier molecular flexibility index (Phi) is 5.91. The first kappa shape index (κ1) is 13.6. The molecule has 0 aromatic heterocycles. The number of likely N-dealkylation sites (tertiary alicyclic amines) is 1. The van der Waals surface area contributed by atoms with Gasteiger partial charge in [-0.05, 0) is 31.7 Å². The second-order valence-electron chi connectivity index (χ2n) is 5.10. The molecule has 0 aromatic carbocycles. The minimum absolute atomic E-state index is 0.364. The van der Waals surface area contributed by atoms with E-state index in [0.717, 1.165) is 19.0 Å². The van der Waals surface area contributed by atoms with E-state index in [1.165, 1.54) is 19.3 Å². The van der Waals surface area contributed by atoms with Gasteiger partial charge in [-0.3, -0.25) is 4.90 Å². The lowest BCUT2D eigenvalue weighted by atomic mass is 10.0. The summed E-state index contributed by atoms with van der Waals surface area (Å²) in [6, 6.07) is 0.660. The molecule has 1 rings (SSSR count). The average molecular weight is 227 g/mol. The lowest BCUT2D eigenvalue weighted by molar-refractivity contribution is 0.105. The molecule has 1 fully saturated rings. The fourth-order valence-corrected chi connectivity index (χ4v) is 2.45. The Morgan fingerprint density at radius 2 is 2.19 bits per heavy atom. The molecule has 1 saturated heterocycles. The molecule has 0 saturated carbocycles. The highest BCUT2D eigenvalue weighted by atomic mass is 16.3. The number of hydrogen-bond donors (Lipinski definition) is 1. The summed E-state index contributed by atoms with van der Waals surface area (Å²) in [5, 5.41) is 17.3. The molecule has 94 valence electrons. The first-order valence-electron chi connectivity index (χ1n) is 6.31. The Hall–Kier alpha value is -0.480. The first-order valence-corrected chi connectivity index (χ1v) is 6.31. The molecule has 4 nitrogen and oxygen atoms in total. The van der Waals surface area contributed by atoms with Crippen molar-refractivity contribution < 1.29 is 5.11 Å². The highest BCUT2D eigenvalue weighted by Gasteiger charge is 2.26. The Balaban J connectivity index is 2.34. The predicted molar refractivity (Wildman–Crippen MR) is 65.7 cm³/mol. The number of rotatable bonds is 6. The maximum absolute atomic E-state index is 9.80. The average Bonchev–Trinajstić information content (AvgIpc) is 2.62. The van der Waals surface area contributed by atoms with E-state index in [2.05, 4.69) is 29.0 Å². The second-order valence-corrected chi connectivity index (χ2v) is 5.10. The number of aliphatic hydroxyl groups excluding tert-OH is 1. The van der Waals surface area contributed by atoms with Gasteiger partial charge < -0.3 is 5.11 Å². The van der Waals surface area contributed by atoms with Gasteiger partial charge in [0, 0.05) is 19.6 Å². The van der Waals surface area contributed by atoms with Crippen molar-refractivity contribution in [3.05, 3.63) is 0 Å². The number of aliphatic hydroxyl groups is 1. The van der Waals surface area contributed by atoms with Crippen LogP contribution in [0.15, 0.2) is 10.2 Å². The molecule has 0 spiro atoms. The highest BCUT2D eigenvalue weighted by Crippen LogP contribution is 2.23. The summed E-state index contributed by atoms with van der Waals surface area (Å²) >= 11 is 0. The van der Waals surface area contributed by atoms with E-state index in [1.807, 2.05) is 0 Å². The van der Waals surface area contributed by atoms with Gasteiger partial charge >= 0.3 is 0 Å². The number of azo groups is 1. The number of nitrogens with zero attached hydrogens (tertiary/aromatic N) is 3. The summed E-state index contributed by atoms with van der Waals surface area (Å²) in [5.41, 5.74) is 0. The highest BCUT2D eigenvalue weighted by molar-refractivity contribution is 4.81. The summed E-state index contributed by atoms with van der Waals surface area (Å²) in [7, 11) is 1.64. The van der Waals surface area contributed by atoms with Crippen LogP contribution in [0.2, 0.25) is 0 Å². The molecular weight excluding hydrogens is 202 g/mol. The van der Waals surface area contributed by atoms with Gasteiger partial charge in [0.25, 0.3) is 0 Å². The van der Waals surface area contributed by atoms with Crippen LogP contribution in [0, 0.1) is 5.92 Å². The van der Waals surface area contributed by atoms with Crippen LogP contribution in [0.3, 0.4) is 0 Å². The zero-order valence-corrected chi connectivity index (χ0v) is 10.8. The molecule has 4 heteroatoms. The van der Waals surface area contributed by atoms with Gasteiger partial charge in [0.1, 0.15) is 0 Å². The van der Waals surface area contributed by atoms with Crippen LogP contribution in [0.5, 0.6) is 0 Å². The van der Waals surface area contributed by atoms with Crippen molar-refractivity contribution in [3.8, 4) is 0 Å². The van der Waals surface area contributed by atoms with Crippen LogP contribution in [0.4, 0.5) is 0 Å². The molecular formula is C12H25N3O. The van der Waals surface area contributed by atoms with Gasteiger partial charge in [0.2, 0.25) is 0 Å². The molecule has 0 amide bonds. The Bertz CT molecular complexity index is 218. The van der Waals surface area contributed by atoms with Gasteiger partial charge in [-0.25, -0.2) is 0 Å². The van der Waals surface area contributed by atoms with Crippen LogP contribution < -0.4 is 0 Å². The van der Waals surface area contributed by atoms with Crippen molar-refractivity contribution in [1.82, 2.24) is 4.90 Å². The Labute approximate surface area is 98.7 Å². The molecule has 0 radical (unpaired) electrons. The number of β-amino-alcohol motifs (C(OH)–C–C–N with tert-alkyl or cyclic N) is 1. The second kappa shape index (κ2) is 6.97.